The molecule has 39 heavy (non-hydrogen) atoms. The van der Waals surface area contributed by atoms with E-state index >= 15 is 0 Å². The molecule has 0 aliphatic rings. The van der Waals surface area contributed by atoms with Gasteiger partial charge in [-0.3, -0.25) is 9.59 Å². The van der Waals surface area contributed by atoms with Gasteiger partial charge in [0.2, 0.25) is 0 Å². The van der Waals surface area contributed by atoms with Crippen molar-refractivity contribution in [2.45, 2.75) is 91.0 Å². The number of benzene rings is 2. The molecular weight excluding hydrogens is 484 g/mol. The van der Waals surface area contributed by atoms with Crippen molar-refractivity contribution in [1.82, 2.24) is 4.57 Å². The molecule has 0 spiro atoms. The van der Waals surface area contributed by atoms with Gasteiger partial charge in [-0.1, -0.05) is 69.2 Å². The summed E-state index contributed by atoms with van der Waals surface area (Å²) in [7, 11) is 2.01. The quantitative estimate of drug-likeness (QED) is 0.143. The summed E-state index contributed by atoms with van der Waals surface area (Å²) in [6.07, 6.45) is 9.39. The van der Waals surface area contributed by atoms with Crippen molar-refractivity contribution in [3.63, 3.8) is 0 Å². The molecule has 1 atom stereocenters. The lowest BCUT2D eigenvalue weighted by atomic mass is 9.99. The summed E-state index contributed by atoms with van der Waals surface area (Å²) in [5.74, 6) is -0.114. The highest BCUT2D eigenvalue weighted by Crippen LogP contribution is 2.24. The van der Waals surface area contributed by atoms with Gasteiger partial charge in [-0.05, 0) is 75.6 Å². The van der Waals surface area contributed by atoms with Gasteiger partial charge < -0.3 is 14.6 Å². The third-order valence-corrected chi connectivity index (χ3v) is 7.42. The average Bonchev–Trinajstić information content (AvgIpc) is 3.27. The fourth-order valence-corrected chi connectivity index (χ4v) is 5.29. The summed E-state index contributed by atoms with van der Waals surface area (Å²) in [6.45, 7) is 6.54. The van der Waals surface area contributed by atoms with E-state index in [9.17, 15) is 9.59 Å². The molecule has 0 saturated heterocycles. The van der Waals surface area contributed by atoms with Gasteiger partial charge in [0.25, 0.3) is 0 Å². The van der Waals surface area contributed by atoms with Gasteiger partial charge in [0.15, 0.2) is 5.78 Å². The van der Waals surface area contributed by atoms with Gasteiger partial charge in [-0.2, -0.15) is 0 Å². The normalized spacial score (nSPS) is 11.8. The van der Waals surface area contributed by atoms with Gasteiger partial charge in [0, 0.05) is 47.7 Å². The lowest BCUT2D eigenvalue weighted by molar-refractivity contribution is -0.143. The van der Waals surface area contributed by atoms with Crippen LogP contribution in [0.15, 0.2) is 60.7 Å². The monoisotopic (exact) mass is 530 g/mol. The number of carbonyl (C=O) groups is 2. The van der Waals surface area contributed by atoms with E-state index in [0.717, 1.165) is 61.2 Å². The molecule has 1 unspecified atom stereocenters. The van der Waals surface area contributed by atoms with E-state index in [4.69, 9.17) is 4.74 Å². The highest BCUT2D eigenvalue weighted by atomic mass is 16.5. The predicted octanol–water partition coefficient (Wildman–Crippen LogP) is 7.70. The summed E-state index contributed by atoms with van der Waals surface area (Å²) < 4.78 is 7.17. The lowest BCUT2D eigenvalue weighted by Crippen LogP contribution is -2.20. The molecule has 0 fully saturated rings. The zero-order valence-corrected chi connectivity index (χ0v) is 24.3. The van der Waals surface area contributed by atoms with E-state index in [0.29, 0.717) is 31.1 Å². The van der Waals surface area contributed by atoms with Crippen molar-refractivity contribution in [1.29, 1.82) is 0 Å². The number of hydrogen-bond acceptors (Lipinski definition) is 4. The highest BCUT2D eigenvalue weighted by Gasteiger charge is 2.20. The third kappa shape index (κ3) is 9.12. The molecule has 3 rings (SSSR count). The smallest absolute Gasteiger partial charge is 0.305 e. The van der Waals surface area contributed by atoms with E-state index < -0.39 is 0 Å². The lowest BCUT2D eigenvalue weighted by Gasteiger charge is -2.20. The van der Waals surface area contributed by atoms with Crippen molar-refractivity contribution in [3.8, 4) is 0 Å². The molecule has 0 bridgehead atoms. The van der Waals surface area contributed by atoms with E-state index in [2.05, 4.69) is 60.1 Å². The highest BCUT2D eigenvalue weighted by molar-refractivity contribution is 6.10. The zero-order valence-electron chi connectivity index (χ0n) is 24.3. The Bertz CT molecular complexity index is 1180. The molecule has 1 aromatic heterocycles. The van der Waals surface area contributed by atoms with Crippen LogP contribution in [0.4, 0.5) is 5.69 Å². The molecule has 5 heteroatoms. The van der Waals surface area contributed by atoms with Crippen LogP contribution >= 0.6 is 0 Å². The van der Waals surface area contributed by atoms with Crippen LogP contribution in [0.5, 0.6) is 0 Å². The van der Waals surface area contributed by atoms with E-state index in [1.54, 1.807) is 0 Å². The maximum absolute atomic E-state index is 13.7. The molecule has 0 saturated carbocycles. The molecule has 210 valence electrons. The van der Waals surface area contributed by atoms with Crippen molar-refractivity contribution in [2.24, 2.45) is 7.05 Å². The van der Waals surface area contributed by atoms with Crippen LogP contribution in [-0.4, -0.2) is 29.0 Å². The second-order valence-corrected chi connectivity index (χ2v) is 10.3. The molecule has 1 N–H and O–H groups in total. The first kappa shape index (κ1) is 30.2. The van der Waals surface area contributed by atoms with Crippen LogP contribution in [-0.2, 0) is 35.8 Å². The summed E-state index contributed by atoms with van der Waals surface area (Å²) in [4.78, 5) is 25.4. The maximum atomic E-state index is 13.7. The molecular formula is C34H46N2O3. The molecule has 2 aromatic carbocycles. The number of ketones is 1. The number of anilines is 1. The number of rotatable bonds is 17. The van der Waals surface area contributed by atoms with Crippen molar-refractivity contribution >= 4 is 17.4 Å². The fraction of sp³-hybridized carbons (Fsp3) is 0.471. The van der Waals surface area contributed by atoms with Crippen LogP contribution in [0.1, 0.15) is 98.6 Å². The summed E-state index contributed by atoms with van der Waals surface area (Å²) in [5.41, 5.74) is 5.96. The molecule has 0 aliphatic heterocycles. The zero-order chi connectivity index (χ0) is 28.0. The Hall–Kier alpha value is -3.34. The van der Waals surface area contributed by atoms with Gasteiger partial charge in [0.05, 0.1) is 6.61 Å². The summed E-state index contributed by atoms with van der Waals surface area (Å²) >= 11 is 0. The number of aryl methyl sites for hydroxylation is 2. The number of esters is 1. The Balaban J connectivity index is 1.69. The van der Waals surface area contributed by atoms with E-state index in [1.165, 1.54) is 18.4 Å². The summed E-state index contributed by atoms with van der Waals surface area (Å²) in [5, 5.41) is 3.74. The van der Waals surface area contributed by atoms with Crippen LogP contribution < -0.4 is 5.32 Å². The van der Waals surface area contributed by atoms with E-state index in [1.807, 2.05) is 38.2 Å². The third-order valence-electron chi connectivity index (χ3n) is 7.42. The van der Waals surface area contributed by atoms with Gasteiger partial charge in [-0.15, -0.1) is 0 Å². The number of unbranched alkanes of at least 4 members (excludes halogenated alkanes) is 1. The molecule has 3 aromatic rings. The molecule has 0 aliphatic carbocycles. The molecule has 5 nitrogen and oxygen atoms in total. The van der Waals surface area contributed by atoms with Crippen molar-refractivity contribution in [2.75, 3.05) is 11.9 Å². The van der Waals surface area contributed by atoms with Crippen LogP contribution in [0.25, 0.3) is 0 Å². The first-order valence-corrected chi connectivity index (χ1v) is 14.7. The minimum Gasteiger partial charge on any atom is -0.466 e. The first-order valence-electron chi connectivity index (χ1n) is 14.7. The van der Waals surface area contributed by atoms with Gasteiger partial charge >= 0.3 is 5.97 Å². The standard InChI is InChI=1S/C34H46N2O3/c1-5-8-19-28(20-12-17-26-15-10-9-11-16-26)35-29-21-13-18-27(24-29)34(38)31-25-30(36(4)32(31)6-2)22-14-23-33(37)39-7-3/h9-11,13,15-16,18,21,24-25,28,35H,5-8,12,14,17,19-20,22-23H2,1-4H3. The Morgan fingerprint density at radius 3 is 2.38 bits per heavy atom. The van der Waals surface area contributed by atoms with Crippen LogP contribution in [0.2, 0.25) is 0 Å². The predicted molar refractivity (Wildman–Crippen MR) is 161 cm³/mol. The van der Waals surface area contributed by atoms with Crippen molar-refractivity contribution < 1.29 is 14.3 Å². The molecule has 0 radical (unpaired) electrons. The second kappa shape index (κ2) is 15.9. The van der Waals surface area contributed by atoms with Crippen LogP contribution in [0, 0.1) is 0 Å². The largest absolute Gasteiger partial charge is 0.466 e. The Labute approximate surface area is 235 Å². The summed E-state index contributed by atoms with van der Waals surface area (Å²) in [6, 6.07) is 21.0. The number of aromatic nitrogens is 1. The minimum absolute atomic E-state index is 0.0527. The fourth-order valence-electron chi connectivity index (χ4n) is 5.29. The van der Waals surface area contributed by atoms with Gasteiger partial charge in [-0.25, -0.2) is 0 Å². The SMILES string of the molecule is CCCCC(CCCc1ccccc1)Nc1cccc(C(=O)c2cc(CCCC(=O)OCC)n(C)c2CC)c1. The minimum atomic E-state index is -0.166. The Morgan fingerprint density at radius 1 is 0.897 bits per heavy atom. The number of nitrogens with one attached hydrogen (secondary N) is 1. The average molecular weight is 531 g/mol. The second-order valence-electron chi connectivity index (χ2n) is 10.3. The molecule has 0 amide bonds. The maximum Gasteiger partial charge on any atom is 0.305 e. The Morgan fingerprint density at radius 2 is 1.67 bits per heavy atom. The number of carbonyl (C=O) groups excluding carboxylic acids is 2. The van der Waals surface area contributed by atoms with Crippen LogP contribution in [0.3, 0.4) is 0 Å². The van der Waals surface area contributed by atoms with Crippen molar-refractivity contribution in [3.05, 3.63) is 88.7 Å². The van der Waals surface area contributed by atoms with Gasteiger partial charge in [0.1, 0.15) is 0 Å². The first-order chi connectivity index (χ1) is 19.0. The number of ether oxygens (including phenoxy) is 1. The Kier molecular flexibility index (Phi) is 12.3. The topological polar surface area (TPSA) is 60.3 Å². The number of nitrogens with zero attached hydrogens (tertiary/aromatic N) is 1. The van der Waals surface area contributed by atoms with E-state index in [-0.39, 0.29) is 11.8 Å². The number of hydrogen-bond donors (Lipinski definition) is 1. The molecule has 1 heterocycles.